The smallest absolute Gasteiger partial charge is 0.417 e. The molecule has 2 amide bonds. The lowest BCUT2D eigenvalue weighted by atomic mass is 10.0. The monoisotopic (exact) mass is 339 g/mol. The van der Waals surface area contributed by atoms with Crippen molar-refractivity contribution < 1.29 is 19.1 Å². The highest BCUT2D eigenvalue weighted by molar-refractivity contribution is 5.93. The summed E-state index contributed by atoms with van der Waals surface area (Å²) in [5, 5.41) is 0. The van der Waals surface area contributed by atoms with E-state index in [1.165, 1.54) is 4.90 Å². The molecule has 0 radical (unpaired) electrons. The number of cyclic esters (lactones) is 1. The number of rotatable bonds is 5. The van der Waals surface area contributed by atoms with Crippen molar-refractivity contribution in [2.45, 2.75) is 25.8 Å². The summed E-state index contributed by atoms with van der Waals surface area (Å²) < 4.78 is 10.3. The minimum atomic E-state index is -0.565. The maximum atomic E-state index is 12.6. The average Bonchev–Trinajstić information content (AvgIpc) is 3.02. The van der Waals surface area contributed by atoms with Crippen LogP contribution < -0.4 is 4.74 Å². The maximum absolute atomic E-state index is 12.6. The summed E-state index contributed by atoms with van der Waals surface area (Å²) in [4.78, 5) is 25.9. The molecule has 2 aromatic rings. The molecule has 0 spiro atoms. The Morgan fingerprint density at radius 1 is 1.24 bits per heavy atom. The van der Waals surface area contributed by atoms with Crippen molar-refractivity contribution in [3.63, 3.8) is 0 Å². The van der Waals surface area contributed by atoms with Crippen LogP contribution in [0.2, 0.25) is 0 Å². The number of hydrogen-bond acceptors (Lipinski definition) is 4. The highest BCUT2D eigenvalue weighted by Crippen LogP contribution is 2.28. The van der Waals surface area contributed by atoms with Gasteiger partial charge >= 0.3 is 6.09 Å². The first-order valence-corrected chi connectivity index (χ1v) is 8.27. The number of methoxy groups -OCH3 is 1. The molecule has 0 bridgehead atoms. The van der Waals surface area contributed by atoms with E-state index < -0.39 is 6.09 Å². The quantitative estimate of drug-likeness (QED) is 0.834. The van der Waals surface area contributed by atoms with Gasteiger partial charge in [0.05, 0.1) is 7.11 Å². The molecule has 1 heterocycles. The van der Waals surface area contributed by atoms with Crippen LogP contribution in [0.5, 0.6) is 5.75 Å². The van der Waals surface area contributed by atoms with Crippen LogP contribution >= 0.6 is 0 Å². The van der Waals surface area contributed by atoms with E-state index in [9.17, 15) is 9.59 Å². The molecule has 1 fully saturated rings. The maximum Gasteiger partial charge on any atom is 0.417 e. The van der Waals surface area contributed by atoms with Gasteiger partial charge in [-0.3, -0.25) is 4.79 Å². The van der Waals surface area contributed by atoms with Crippen molar-refractivity contribution in [1.29, 1.82) is 0 Å². The normalized spacial score (nSPS) is 16.6. The van der Waals surface area contributed by atoms with Crippen LogP contribution in [0, 0.1) is 6.92 Å². The van der Waals surface area contributed by atoms with E-state index in [4.69, 9.17) is 9.47 Å². The van der Waals surface area contributed by atoms with E-state index in [1.807, 2.05) is 55.5 Å². The third-order valence-corrected chi connectivity index (χ3v) is 4.48. The number of carbonyl (C=O) groups excluding carboxylic acids is 2. The summed E-state index contributed by atoms with van der Waals surface area (Å²) in [5.74, 6) is 0.575. The van der Waals surface area contributed by atoms with Crippen molar-refractivity contribution in [3.8, 4) is 5.75 Å². The van der Waals surface area contributed by atoms with Crippen molar-refractivity contribution in [2.24, 2.45) is 0 Å². The fourth-order valence-electron chi connectivity index (χ4n) is 3.06. The van der Waals surface area contributed by atoms with E-state index in [1.54, 1.807) is 7.11 Å². The standard InChI is InChI=1S/C20H21NO4/c1-14-12-17(24-2)10-8-15(14)9-11-19(22)21-18(13-25-20(21)23)16-6-4-3-5-7-16/h3-8,10,12,18H,9,11,13H2,1-2H3. The number of aryl methyl sites for hydroxylation is 2. The molecule has 0 saturated carbocycles. The van der Waals surface area contributed by atoms with Gasteiger partial charge in [0, 0.05) is 6.42 Å². The van der Waals surface area contributed by atoms with Gasteiger partial charge in [0.15, 0.2) is 0 Å². The first-order valence-electron chi connectivity index (χ1n) is 8.27. The van der Waals surface area contributed by atoms with Gasteiger partial charge in [0.2, 0.25) is 5.91 Å². The van der Waals surface area contributed by atoms with Gasteiger partial charge < -0.3 is 9.47 Å². The molecule has 0 aliphatic carbocycles. The number of imide groups is 1. The van der Waals surface area contributed by atoms with Gasteiger partial charge in [-0.05, 0) is 42.2 Å². The Balaban J connectivity index is 1.70. The lowest BCUT2D eigenvalue weighted by molar-refractivity contribution is -0.129. The topological polar surface area (TPSA) is 55.8 Å². The predicted molar refractivity (Wildman–Crippen MR) is 93.4 cm³/mol. The molecule has 5 nitrogen and oxygen atoms in total. The van der Waals surface area contributed by atoms with Gasteiger partial charge in [-0.2, -0.15) is 0 Å². The summed E-state index contributed by atoms with van der Waals surface area (Å²) in [5.41, 5.74) is 3.04. The molecule has 1 atom stereocenters. The van der Waals surface area contributed by atoms with E-state index >= 15 is 0 Å². The Morgan fingerprint density at radius 2 is 2.00 bits per heavy atom. The Hall–Kier alpha value is -2.82. The van der Waals surface area contributed by atoms with Crippen LogP contribution in [0.1, 0.15) is 29.2 Å². The first-order chi connectivity index (χ1) is 12.1. The predicted octanol–water partition coefficient (Wildman–Crippen LogP) is 3.66. The molecule has 1 unspecified atom stereocenters. The summed E-state index contributed by atoms with van der Waals surface area (Å²) in [6.45, 7) is 2.19. The van der Waals surface area contributed by atoms with E-state index in [0.717, 1.165) is 22.4 Å². The second-order valence-electron chi connectivity index (χ2n) is 6.06. The molecule has 3 rings (SSSR count). The summed E-state index contributed by atoms with van der Waals surface area (Å²) >= 11 is 0. The van der Waals surface area contributed by atoms with Crippen molar-refractivity contribution in [3.05, 3.63) is 65.2 Å². The molecule has 1 aliphatic rings. The molecule has 2 aromatic carbocycles. The first kappa shape index (κ1) is 17.0. The van der Waals surface area contributed by atoms with Crippen LogP contribution in [0.3, 0.4) is 0 Å². The second-order valence-corrected chi connectivity index (χ2v) is 6.06. The number of benzene rings is 2. The van der Waals surface area contributed by atoms with Crippen molar-refractivity contribution in [1.82, 2.24) is 4.90 Å². The SMILES string of the molecule is COc1ccc(CCC(=O)N2C(=O)OCC2c2ccccc2)c(C)c1. The summed E-state index contributed by atoms with van der Waals surface area (Å²) in [6.07, 6.45) is 0.260. The number of ether oxygens (including phenoxy) is 2. The average molecular weight is 339 g/mol. The third kappa shape index (κ3) is 3.65. The molecule has 5 heteroatoms. The van der Waals surface area contributed by atoms with E-state index in [2.05, 4.69) is 0 Å². The fraction of sp³-hybridized carbons (Fsp3) is 0.300. The Labute approximate surface area is 147 Å². The zero-order valence-corrected chi connectivity index (χ0v) is 14.4. The van der Waals surface area contributed by atoms with Crippen LogP contribution in [-0.2, 0) is 16.0 Å². The van der Waals surface area contributed by atoms with Gasteiger partial charge in [-0.1, -0.05) is 36.4 Å². The molecule has 1 saturated heterocycles. The zero-order chi connectivity index (χ0) is 17.8. The Morgan fingerprint density at radius 3 is 2.68 bits per heavy atom. The molecule has 0 N–H and O–H groups in total. The largest absolute Gasteiger partial charge is 0.497 e. The van der Waals surface area contributed by atoms with Gasteiger partial charge in [0.25, 0.3) is 0 Å². The second kappa shape index (κ2) is 7.38. The minimum Gasteiger partial charge on any atom is -0.497 e. The molecule has 0 aromatic heterocycles. The lowest BCUT2D eigenvalue weighted by Gasteiger charge is -2.20. The third-order valence-electron chi connectivity index (χ3n) is 4.48. The molecular formula is C20H21NO4. The lowest BCUT2D eigenvalue weighted by Crippen LogP contribution is -2.34. The molecule has 130 valence electrons. The number of carbonyl (C=O) groups is 2. The van der Waals surface area contributed by atoms with Crippen LogP contribution in [0.15, 0.2) is 48.5 Å². The van der Waals surface area contributed by atoms with E-state index in [-0.39, 0.29) is 25.0 Å². The highest BCUT2D eigenvalue weighted by Gasteiger charge is 2.38. The van der Waals surface area contributed by atoms with Gasteiger partial charge in [-0.15, -0.1) is 0 Å². The van der Waals surface area contributed by atoms with Crippen LogP contribution in [-0.4, -0.2) is 30.6 Å². The molecule has 25 heavy (non-hydrogen) atoms. The Kier molecular flexibility index (Phi) is 5.03. The van der Waals surface area contributed by atoms with Gasteiger partial charge in [-0.25, -0.2) is 9.69 Å². The molecule has 1 aliphatic heterocycles. The van der Waals surface area contributed by atoms with Crippen molar-refractivity contribution >= 4 is 12.0 Å². The van der Waals surface area contributed by atoms with Crippen molar-refractivity contribution in [2.75, 3.05) is 13.7 Å². The minimum absolute atomic E-state index is 0.205. The van der Waals surface area contributed by atoms with E-state index in [0.29, 0.717) is 6.42 Å². The number of hydrogen-bond donors (Lipinski definition) is 0. The number of nitrogens with zero attached hydrogens (tertiary/aromatic N) is 1. The molecular weight excluding hydrogens is 318 g/mol. The fourth-order valence-corrected chi connectivity index (χ4v) is 3.06. The summed E-state index contributed by atoms with van der Waals surface area (Å²) in [7, 11) is 1.63. The number of amides is 2. The summed E-state index contributed by atoms with van der Waals surface area (Å²) in [6, 6.07) is 14.9. The zero-order valence-electron chi connectivity index (χ0n) is 14.4. The van der Waals surface area contributed by atoms with Gasteiger partial charge in [0.1, 0.15) is 18.4 Å². The highest BCUT2D eigenvalue weighted by atomic mass is 16.6. The Bertz CT molecular complexity index is 773. The van der Waals surface area contributed by atoms with Crippen LogP contribution in [0.25, 0.3) is 0 Å². The van der Waals surface area contributed by atoms with Crippen LogP contribution in [0.4, 0.5) is 4.79 Å².